The zero-order chi connectivity index (χ0) is 10.2. The molecule has 0 nitrogen and oxygen atoms in total. The first-order valence-corrected chi connectivity index (χ1v) is 8.65. The van der Waals surface area contributed by atoms with Crippen LogP contribution in [0.2, 0.25) is 4.47 Å². The van der Waals surface area contributed by atoms with E-state index in [4.69, 9.17) is 0 Å². The van der Waals surface area contributed by atoms with Gasteiger partial charge in [0.15, 0.2) is 0 Å². The maximum absolute atomic E-state index is 3.43. The first-order valence-electron chi connectivity index (χ1n) is 4.86. The van der Waals surface area contributed by atoms with Gasteiger partial charge in [-0.2, -0.15) is 0 Å². The molecule has 0 unspecified atom stereocenters. The molecule has 0 aromatic heterocycles. The molecule has 0 saturated heterocycles. The van der Waals surface area contributed by atoms with Gasteiger partial charge in [0.1, 0.15) is 0 Å². The Bertz CT molecular complexity index is 277. The summed E-state index contributed by atoms with van der Waals surface area (Å²) in [7, 11) is 0. The number of hydrogen-bond acceptors (Lipinski definition) is 0. The summed E-state index contributed by atoms with van der Waals surface area (Å²) in [5.41, 5.74) is 1.31. The minimum absolute atomic E-state index is 0.128. The van der Waals surface area contributed by atoms with Crippen molar-refractivity contribution < 1.29 is 0 Å². The molecule has 0 heterocycles. The third-order valence-corrected chi connectivity index (χ3v) is 4.81. The van der Waals surface area contributed by atoms with Crippen molar-refractivity contribution in [1.82, 2.24) is 0 Å². The predicted octanol–water partition coefficient (Wildman–Crippen LogP) is 4.34. The van der Waals surface area contributed by atoms with Gasteiger partial charge in [-0.1, -0.05) is 0 Å². The third-order valence-electron chi connectivity index (χ3n) is 1.84. The van der Waals surface area contributed by atoms with Crippen molar-refractivity contribution in [2.75, 3.05) is 0 Å². The molecule has 1 aromatic rings. The summed E-state index contributed by atoms with van der Waals surface area (Å²) < 4.78 is 4.98. The van der Waals surface area contributed by atoms with Crippen LogP contribution in [0.5, 0.6) is 0 Å². The molecule has 0 aliphatic heterocycles. The number of benzene rings is 1. The maximum atomic E-state index is 3.43. The fourth-order valence-electron chi connectivity index (χ4n) is 0.996. The average molecular weight is 367 g/mol. The Morgan fingerprint density at radius 1 is 1.29 bits per heavy atom. The SMILES string of the molecule is CCCC[Te]/C=C\c1ccc(Br)cc1. The van der Waals surface area contributed by atoms with Crippen molar-refractivity contribution >= 4 is 42.9 Å². The Morgan fingerprint density at radius 2 is 2.00 bits per heavy atom. The molecule has 1 aromatic carbocycles. The Labute approximate surface area is 105 Å². The van der Waals surface area contributed by atoms with Crippen molar-refractivity contribution in [3.05, 3.63) is 38.4 Å². The second-order valence-electron chi connectivity index (χ2n) is 3.08. The zero-order valence-corrected chi connectivity index (χ0v) is 12.3. The molecule has 0 spiro atoms. The number of halogens is 1. The van der Waals surface area contributed by atoms with Crippen LogP contribution in [0.4, 0.5) is 0 Å². The molecular weight excluding hydrogens is 352 g/mol. The van der Waals surface area contributed by atoms with Crippen LogP contribution in [-0.4, -0.2) is 20.9 Å². The van der Waals surface area contributed by atoms with E-state index >= 15 is 0 Å². The van der Waals surface area contributed by atoms with Crippen LogP contribution >= 0.6 is 15.9 Å². The Hall–Kier alpha value is 0.230. The van der Waals surface area contributed by atoms with Gasteiger partial charge < -0.3 is 0 Å². The fourth-order valence-corrected chi connectivity index (χ4v) is 3.67. The molecule has 0 aliphatic carbocycles. The minimum atomic E-state index is 0.128. The van der Waals surface area contributed by atoms with E-state index in [1.807, 2.05) is 0 Å². The molecule has 14 heavy (non-hydrogen) atoms. The number of hydrogen-bond donors (Lipinski definition) is 0. The molecule has 2 heteroatoms. The summed E-state index contributed by atoms with van der Waals surface area (Å²) >= 11 is 3.56. The average Bonchev–Trinajstić information content (AvgIpc) is 2.21. The van der Waals surface area contributed by atoms with Gasteiger partial charge in [-0.3, -0.25) is 0 Å². The van der Waals surface area contributed by atoms with E-state index in [1.54, 1.807) is 0 Å². The van der Waals surface area contributed by atoms with Crippen LogP contribution in [0.15, 0.2) is 32.9 Å². The van der Waals surface area contributed by atoms with Crippen LogP contribution in [0.1, 0.15) is 25.3 Å². The van der Waals surface area contributed by atoms with Crippen molar-refractivity contribution in [2.24, 2.45) is 0 Å². The van der Waals surface area contributed by atoms with E-state index in [-0.39, 0.29) is 20.9 Å². The van der Waals surface area contributed by atoms with E-state index < -0.39 is 0 Å². The molecule has 0 aliphatic rings. The van der Waals surface area contributed by atoms with Crippen LogP contribution in [0.25, 0.3) is 6.08 Å². The molecule has 0 N–H and O–H groups in total. The fraction of sp³-hybridized carbons (Fsp3) is 0.333. The monoisotopic (exact) mass is 368 g/mol. The Morgan fingerprint density at radius 3 is 2.64 bits per heavy atom. The molecule has 0 amide bonds. The van der Waals surface area contributed by atoms with Crippen molar-refractivity contribution in [3.63, 3.8) is 0 Å². The quantitative estimate of drug-likeness (QED) is 0.537. The van der Waals surface area contributed by atoms with Crippen molar-refractivity contribution in [2.45, 2.75) is 24.2 Å². The van der Waals surface area contributed by atoms with Gasteiger partial charge in [0.2, 0.25) is 0 Å². The van der Waals surface area contributed by atoms with Gasteiger partial charge in [-0.25, -0.2) is 0 Å². The summed E-state index contributed by atoms with van der Waals surface area (Å²) in [5, 5.41) is 0. The van der Waals surface area contributed by atoms with Gasteiger partial charge in [0.25, 0.3) is 0 Å². The molecule has 0 atom stereocenters. The molecule has 0 fully saturated rings. The van der Waals surface area contributed by atoms with Crippen LogP contribution in [0, 0.1) is 0 Å². The summed E-state index contributed by atoms with van der Waals surface area (Å²) in [4.78, 5) is 0. The van der Waals surface area contributed by atoms with Gasteiger partial charge in [-0.15, -0.1) is 0 Å². The second kappa shape index (κ2) is 7.51. The van der Waals surface area contributed by atoms with Crippen LogP contribution in [-0.2, 0) is 0 Å². The van der Waals surface area contributed by atoms with Gasteiger partial charge in [0, 0.05) is 0 Å². The normalized spacial score (nSPS) is 11.0. The second-order valence-corrected chi connectivity index (χ2v) is 6.89. The molecule has 0 saturated carbocycles. The molecule has 1 rings (SSSR count). The first kappa shape index (κ1) is 12.3. The molecule has 0 radical (unpaired) electrons. The Kier molecular flexibility index (Phi) is 6.60. The van der Waals surface area contributed by atoms with E-state index in [0.29, 0.717) is 0 Å². The van der Waals surface area contributed by atoms with Gasteiger partial charge >= 0.3 is 106 Å². The van der Waals surface area contributed by atoms with Gasteiger partial charge in [0.05, 0.1) is 0 Å². The summed E-state index contributed by atoms with van der Waals surface area (Å²) in [6, 6.07) is 8.47. The third kappa shape index (κ3) is 5.20. The predicted molar refractivity (Wildman–Crippen MR) is 68.6 cm³/mol. The van der Waals surface area contributed by atoms with E-state index in [2.05, 4.69) is 57.3 Å². The van der Waals surface area contributed by atoms with Gasteiger partial charge in [-0.05, 0) is 0 Å². The molecular formula is C12H15BrTe. The molecule has 0 bridgehead atoms. The van der Waals surface area contributed by atoms with E-state index in [0.717, 1.165) is 4.47 Å². The van der Waals surface area contributed by atoms with Crippen molar-refractivity contribution in [1.29, 1.82) is 0 Å². The van der Waals surface area contributed by atoms with Crippen LogP contribution in [0.3, 0.4) is 0 Å². The standard InChI is InChI=1S/C12H15BrTe/c1-2-3-9-14-10-8-11-4-6-12(13)7-5-11/h4-8,10H,2-3,9H2,1H3/b10-8-. The summed E-state index contributed by atoms with van der Waals surface area (Å²) in [6.45, 7) is 2.26. The summed E-state index contributed by atoms with van der Waals surface area (Å²) in [6.07, 6.45) is 4.98. The first-order chi connectivity index (χ1) is 6.83. The van der Waals surface area contributed by atoms with E-state index in [9.17, 15) is 0 Å². The van der Waals surface area contributed by atoms with Crippen LogP contribution < -0.4 is 0 Å². The number of unbranched alkanes of at least 4 members (excludes halogenated alkanes) is 1. The molecule has 76 valence electrons. The zero-order valence-electron chi connectivity index (χ0n) is 8.37. The van der Waals surface area contributed by atoms with Crippen molar-refractivity contribution in [3.8, 4) is 0 Å². The topological polar surface area (TPSA) is 0 Å². The Balaban J connectivity index is 2.33. The number of rotatable bonds is 5. The summed E-state index contributed by atoms with van der Waals surface area (Å²) in [5.74, 6) is 0. The van der Waals surface area contributed by atoms with E-state index in [1.165, 1.54) is 22.9 Å².